The molecule has 0 saturated carbocycles. The molecule has 0 unspecified atom stereocenters. The number of furan rings is 1. The maximum absolute atomic E-state index is 13.4. The molecule has 2 heterocycles. The van der Waals surface area contributed by atoms with E-state index in [1.165, 1.54) is 23.7 Å². The minimum absolute atomic E-state index is 0.0891. The van der Waals surface area contributed by atoms with Crippen LogP contribution in [0, 0.1) is 5.82 Å². The van der Waals surface area contributed by atoms with Crippen molar-refractivity contribution in [2.24, 2.45) is 0 Å². The van der Waals surface area contributed by atoms with Gasteiger partial charge in [-0.2, -0.15) is 4.37 Å². The van der Waals surface area contributed by atoms with E-state index in [0.717, 1.165) is 28.6 Å². The summed E-state index contributed by atoms with van der Waals surface area (Å²) in [5, 5.41) is 0.726. The van der Waals surface area contributed by atoms with Gasteiger partial charge in [-0.25, -0.2) is 9.37 Å². The van der Waals surface area contributed by atoms with E-state index in [1.807, 2.05) is 66.4 Å². The molecule has 0 aliphatic carbocycles. The number of anilines is 1. The summed E-state index contributed by atoms with van der Waals surface area (Å²) in [5.74, 6) is 1.28. The van der Waals surface area contributed by atoms with Crippen LogP contribution in [-0.4, -0.2) is 58.8 Å². The highest BCUT2D eigenvalue weighted by molar-refractivity contribution is 7.09. The van der Waals surface area contributed by atoms with Gasteiger partial charge in [0, 0.05) is 50.6 Å². The Kier molecular flexibility index (Phi) is 9.40. The van der Waals surface area contributed by atoms with Crippen LogP contribution in [0.1, 0.15) is 29.1 Å². The van der Waals surface area contributed by atoms with Crippen molar-refractivity contribution in [3.63, 3.8) is 0 Å². The number of amides is 1. The first-order valence-electron chi connectivity index (χ1n) is 12.3. The van der Waals surface area contributed by atoms with Gasteiger partial charge in [0.2, 0.25) is 11.0 Å². The summed E-state index contributed by atoms with van der Waals surface area (Å²) in [5.41, 5.74) is 2.05. The van der Waals surface area contributed by atoms with Gasteiger partial charge in [0.25, 0.3) is 0 Å². The number of carbonyl (C=O) groups is 1. The van der Waals surface area contributed by atoms with Gasteiger partial charge in [0.05, 0.1) is 12.8 Å². The lowest BCUT2D eigenvalue weighted by Crippen LogP contribution is -2.38. The Bertz CT molecular complexity index is 1230. The fourth-order valence-corrected chi connectivity index (χ4v) is 4.58. The van der Waals surface area contributed by atoms with E-state index >= 15 is 0 Å². The molecular weight excluding hydrogens is 489 g/mol. The number of rotatable bonds is 13. The first-order valence-corrected chi connectivity index (χ1v) is 13.0. The van der Waals surface area contributed by atoms with Gasteiger partial charge in [-0.05, 0) is 49.5 Å². The highest BCUT2D eigenvalue weighted by Gasteiger charge is 2.20. The summed E-state index contributed by atoms with van der Waals surface area (Å²) < 4.78 is 23.3. The van der Waals surface area contributed by atoms with Crippen LogP contribution in [0.4, 0.5) is 9.52 Å². The molecule has 37 heavy (non-hydrogen) atoms. The second kappa shape index (κ2) is 13.1. The Morgan fingerprint density at radius 3 is 2.41 bits per heavy atom. The quantitative estimate of drug-likeness (QED) is 0.251. The lowest BCUT2D eigenvalue weighted by atomic mass is 10.1. The molecule has 0 radical (unpaired) electrons. The molecule has 0 N–H and O–H groups in total. The monoisotopic (exact) mass is 521 g/mol. The molecule has 7 nitrogen and oxygen atoms in total. The molecule has 0 aliphatic rings. The lowest BCUT2D eigenvalue weighted by Gasteiger charge is -2.26. The first kappa shape index (κ1) is 26.5. The van der Waals surface area contributed by atoms with Gasteiger partial charge in [0.15, 0.2) is 0 Å². The summed E-state index contributed by atoms with van der Waals surface area (Å²) in [6.07, 6.45) is 2.50. The van der Waals surface area contributed by atoms with Crippen molar-refractivity contribution in [2.45, 2.75) is 25.9 Å². The maximum Gasteiger partial charge on any atom is 0.224 e. The minimum atomic E-state index is -0.267. The van der Waals surface area contributed by atoms with Crippen LogP contribution in [0.15, 0.2) is 77.4 Å². The molecular formula is C28H32FN5O2S. The maximum atomic E-state index is 13.4. The molecule has 4 aromatic rings. The van der Waals surface area contributed by atoms with Crippen molar-refractivity contribution < 1.29 is 13.6 Å². The van der Waals surface area contributed by atoms with E-state index in [4.69, 9.17) is 9.40 Å². The van der Waals surface area contributed by atoms with E-state index in [0.29, 0.717) is 44.8 Å². The van der Waals surface area contributed by atoms with Crippen molar-refractivity contribution in [2.75, 3.05) is 38.6 Å². The zero-order chi connectivity index (χ0) is 26.0. The van der Waals surface area contributed by atoms with Crippen molar-refractivity contribution >= 4 is 22.6 Å². The highest BCUT2D eigenvalue weighted by Crippen LogP contribution is 2.22. The predicted molar refractivity (Wildman–Crippen MR) is 144 cm³/mol. The van der Waals surface area contributed by atoms with E-state index in [9.17, 15) is 9.18 Å². The first-order chi connectivity index (χ1) is 18.0. The predicted octanol–water partition coefficient (Wildman–Crippen LogP) is 4.85. The van der Waals surface area contributed by atoms with Crippen molar-refractivity contribution in [1.29, 1.82) is 0 Å². The Morgan fingerprint density at radius 2 is 1.70 bits per heavy atom. The third-order valence-corrected chi connectivity index (χ3v) is 6.73. The molecule has 0 atom stereocenters. The number of hydrogen-bond acceptors (Lipinski definition) is 7. The van der Waals surface area contributed by atoms with Crippen LogP contribution >= 0.6 is 11.5 Å². The SMILES string of the molecule is CN(C)CCN(Cc1ccccc1)C(=O)CCN(Cc1ccco1)c1nc(Cc2ccc(F)cc2)ns1. The number of likely N-dealkylation sites (N-methyl/N-ethyl adjacent to an activating group) is 1. The Balaban J connectivity index is 1.45. The largest absolute Gasteiger partial charge is 0.467 e. The summed E-state index contributed by atoms with van der Waals surface area (Å²) in [4.78, 5) is 24.1. The van der Waals surface area contributed by atoms with E-state index < -0.39 is 0 Å². The Morgan fingerprint density at radius 1 is 0.919 bits per heavy atom. The van der Waals surface area contributed by atoms with Crippen LogP contribution < -0.4 is 4.90 Å². The van der Waals surface area contributed by atoms with Gasteiger partial charge < -0.3 is 19.1 Å². The zero-order valence-corrected chi connectivity index (χ0v) is 22.0. The summed E-state index contributed by atoms with van der Waals surface area (Å²) in [6.45, 7) is 2.99. The second-order valence-electron chi connectivity index (χ2n) is 9.15. The van der Waals surface area contributed by atoms with E-state index in [-0.39, 0.29) is 11.7 Å². The third-order valence-electron chi connectivity index (χ3n) is 5.91. The van der Waals surface area contributed by atoms with Gasteiger partial charge in [-0.15, -0.1) is 0 Å². The molecule has 0 fully saturated rings. The Labute approximate surface area is 221 Å². The molecule has 4 rings (SSSR count). The van der Waals surface area contributed by atoms with Crippen LogP contribution in [0.25, 0.3) is 0 Å². The minimum Gasteiger partial charge on any atom is -0.467 e. The molecule has 2 aromatic heterocycles. The molecule has 0 bridgehead atoms. The normalized spacial score (nSPS) is 11.1. The molecule has 9 heteroatoms. The van der Waals surface area contributed by atoms with Crippen molar-refractivity contribution in [3.05, 3.63) is 102 Å². The van der Waals surface area contributed by atoms with Crippen molar-refractivity contribution in [3.8, 4) is 0 Å². The fraction of sp³-hybridized carbons (Fsp3) is 0.321. The van der Waals surface area contributed by atoms with Gasteiger partial charge in [-0.3, -0.25) is 4.79 Å². The van der Waals surface area contributed by atoms with Crippen LogP contribution in [0.2, 0.25) is 0 Å². The number of benzene rings is 2. The van der Waals surface area contributed by atoms with Gasteiger partial charge in [-0.1, -0.05) is 42.5 Å². The molecule has 194 valence electrons. The Hall–Kier alpha value is -3.56. The van der Waals surface area contributed by atoms with Gasteiger partial charge in [0.1, 0.15) is 17.4 Å². The third kappa shape index (κ3) is 8.23. The average molecular weight is 522 g/mol. The zero-order valence-electron chi connectivity index (χ0n) is 21.2. The molecule has 2 aromatic carbocycles. The fourth-order valence-electron chi connectivity index (χ4n) is 3.87. The molecule has 1 amide bonds. The average Bonchev–Trinajstić information content (AvgIpc) is 3.58. The number of nitrogens with zero attached hydrogens (tertiary/aromatic N) is 5. The standard InChI is InChI=1S/C28H32FN5O2S/c1-32(2)16-17-33(20-23-7-4-3-5-8-23)27(35)14-15-34(21-25-9-6-18-36-25)28-30-26(31-37-28)19-22-10-12-24(29)13-11-22/h3-13,18H,14-17,19-21H2,1-2H3. The van der Waals surface area contributed by atoms with Crippen LogP contribution in [0.5, 0.6) is 0 Å². The summed E-state index contributed by atoms with van der Waals surface area (Å²) in [6, 6.07) is 20.2. The van der Waals surface area contributed by atoms with Crippen molar-refractivity contribution in [1.82, 2.24) is 19.2 Å². The topological polar surface area (TPSA) is 65.7 Å². The van der Waals surface area contributed by atoms with Crippen LogP contribution in [0.3, 0.4) is 0 Å². The molecule has 0 spiro atoms. The number of carbonyl (C=O) groups excluding carboxylic acids is 1. The van der Waals surface area contributed by atoms with E-state index in [1.54, 1.807) is 18.4 Å². The second-order valence-corrected chi connectivity index (χ2v) is 9.88. The number of halogens is 1. The lowest BCUT2D eigenvalue weighted by molar-refractivity contribution is -0.131. The highest BCUT2D eigenvalue weighted by atomic mass is 32.1. The number of hydrogen-bond donors (Lipinski definition) is 0. The summed E-state index contributed by atoms with van der Waals surface area (Å²) >= 11 is 1.30. The smallest absolute Gasteiger partial charge is 0.224 e. The molecule has 0 aliphatic heterocycles. The van der Waals surface area contributed by atoms with Crippen LogP contribution in [-0.2, 0) is 24.3 Å². The summed E-state index contributed by atoms with van der Waals surface area (Å²) in [7, 11) is 4.02. The molecule has 0 saturated heterocycles. The number of aromatic nitrogens is 2. The van der Waals surface area contributed by atoms with E-state index in [2.05, 4.69) is 9.27 Å². The van der Waals surface area contributed by atoms with Gasteiger partial charge >= 0.3 is 0 Å².